The third-order valence-electron chi connectivity index (χ3n) is 4.20. The Morgan fingerprint density at radius 3 is 2.62 bits per heavy atom. The zero-order valence-electron chi connectivity index (χ0n) is 13.5. The van der Waals surface area contributed by atoms with Crippen LogP contribution in [0, 0.1) is 11.8 Å². The molecule has 0 spiro atoms. The monoisotopic (exact) mass is 290 g/mol. The van der Waals surface area contributed by atoms with E-state index < -0.39 is 0 Å². The highest BCUT2D eigenvalue weighted by molar-refractivity contribution is 5.21. The van der Waals surface area contributed by atoms with Gasteiger partial charge in [-0.3, -0.25) is 4.90 Å². The molecule has 0 radical (unpaired) electrons. The Morgan fingerprint density at radius 2 is 1.95 bits per heavy atom. The molecule has 2 N–H and O–H groups in total. The van der Waals surface area contributed by atoms with E-state index in [0.717, 1.165) is 37.0 Å². The molecule has 1 heterocycles. The Bertz CT molecular complexity index is 402. The number of benzene rings is 1. The predicted molar refractivity (Wildman–Crippen MR) is 88.1 cm³/mol. The van der Waals surface area contributed by atoms with Crippen LogP contribution in [-0.2, 0) is 13.2 Å². The number of aliphatic hydroxyl groups excluding tert-OH is 1. The van der Waals surface area contributed by atoms with Crippen molar-refractivity contribution >= 4 is 0 Å². The minimum absolute atomic E-state index is 0.133. The summed E-state index contributed by atoms with van der Waals surface area (Å²) in [5, 5.41) is 12.7. The third kappa shape index (κ3) is 5.77. The molecule has 1 atom stereocenters. The largest absolute Gasteiger partial charge is 0.392 e. The Balaban J connectivity index is 1.77. The van der Waals surface area contributed by atoms with E-state index in [0.29, 0.717) is 0 Å². The van der Waals surface area contributed by atoms with Crippen LogP contribution in [0.15, 0.2) is 24.3 Å². The fourth-order valence-corrected chi connectivity index (χ4v) is 3.05. The zero-order valence-corrected chi connectivity index (χ0v) is 13.5. The van der Waals surface area contributed by atoms with Crippen LogP contribution in [0.1, 0.15) is 37.8 Å². The van der Waals surface area contributed by atoms with Crippen molar-refractivity contribution in [1.82, 2.24) is 10.2 Å². The van der Waals surface area contributed by atoms with Gasteiger partial charge in [-0.2, -0.15) is 0 Å². The first-order valence-corrected chi connectivity index (χ1v) is 8.29. The summed E-state index contributed by atoms with van der Waals surface area (Å²) >= 11 is 0. The number of piperidine rings is 1. The number of rotatable bonds is 7. The standard InChI is InChI=1S/C18H30N2O/c1-15(2)10-19-11-18-4-3-9-20(13-18)12-16-5-7-17(14-21)8-6-16/h5-8,15,18-19,21H,3-4,9-14H2,1-2H3. The highest BCUT2D eigenvalue weighted by Crippen LogP contribution is 2.18. The molecule has 3 heteroatoms. The molecule has 1 aliphatic heterocycles. The van der Waals surface area contributed by atoms with Crippen molar-refractivity contribution in [3.05, 3.63) is 35.4 Å². The number of nitrogens with zero attached hydrogens (tertiary/aromatic N) is 1. The van der Waals surface area contributed by atoms with Gasteiger partial charge in [-0.15, -0.1) is 0 Å². The molecule has 1 aliphatic rings. The van der Waals surface area contributed by atoms with Gasteiger partial charge in [-0.1, -0.05) is 38.1 Å². The summed E-state index contributed by atoms with van der Waals surface area (Å²) in [6.45, 7) is 10.4. The molecule has 1 fully saturated rings. The van der Waals surface area contributed by atoms with Crippen molar-refractivity contribution in [2.24, 2.45) is 11.8 Å². The second-order valence-electron chi connectivity index (χ2n) is 6.77. The molecule has 0 saturated carbocycles. The molecule has 1 saturated heterocycles. The smallest absolute Gasteiger partial charge is 0.0681 e. The van der Waals surface area contributed by atoms with E-state index in [4.69, 9.17) is 5.11 Å². The lowest BCUT2D eigenvalue weighted by Crippen LogP contribution is -2.39. The second-order valence-corrected chi connectivity index (χ2v) is 6.77. The number of aliphatic hydroxyl groups is 1. The highest BCUT2D eigenvalue weighted by Gasteiger charge is 2.19. The molecule has 1 aromatic carbocycles. The average Bonchev–Trinajstić information content (AvgIpc) is 2.48. The molecule has 0 aliphatic carbocycles. The van der Waals surface area contributed by atoms with E-state index in [2.05, 4.69) is 36.2 Å². The predicted octanol–water partition coefficient (Wildman–Crippen LogP) is 2.64. The summed E-state index contributed by atoms with van der Waals surface area (Å²) < 4.78 is 0. The molecule has 2 rings (SSSR count). The van der Waals surface area contributed by atoms with E-state index in [1.165, 1.54) is 31.5 Å². The summed E-state index contributed by atoms with van der Waals surface area (Å²) in [6.07, 6.45) is 2.66. The fraction of sp³-hybridized carbons (Fsp3) is 0.667. The van der Waals surface area contributed by atoms with E-state index in [-0.39, 0.29) is 6.61 Å². The number of hydrogen-bond donors (Lipinski definition) is 2. The minimum Gasteiger partial charge on any atom is -0.392 e. The maximum absolute atomic E-state index is 9.09. The van der Waals surface area contributed by atoms with Gasteiger partial charge in [0.2, 0.25) is 0 Å². The number of nitrogens with one attached hydrogen (secondary N) is 1. The van der Waals surface area contributed by atoms with E-state index >= 15 is 0 Å². The van der Waals surface area contributed by atoms with Crippen molar-refractivity contribution < 1.29 is 5.11 Å². The van der Waals surface area contributed by atoms with Crippen LogP contribution < -0.4 is 5.32 Å². The van der Waals surface area contributed by atoms with Gasteiger partial charge in [0.05, 0.1) is 6.61 Å². The van der Waals surface area contributed by atoms with E-state index in [9.17, 15) is 0 Å². The molecule has 1 unspecified atom stereocenters. The first-order valence-electron chi connectivity index (χ1n) is 8.29. The topological polar surface area (TPSA) is 35.5 Å². The average molecular weight is 290 g/mol. The Hall–Kier alpha value is -0.900. The molecule has 1 aromatic rings. The molecule has 0 amide bonds. The Kier molecular flexibility index (Phi) is 6.68. The van der Waals surface area contributed by atoms with Gasteiger partial charge >= 0.3 is 0 Å². The van der Waals surface area contributed by atoms with Gasteiger partial charge < -0.3 is 10.4 Å². The first-order chi connectivity index (χ1) is 10.2. The van der Waals surface area contributed by atoms with E-state index in [1.54, 1.807) is 0 Å². The maximum Gasteiger partial charge on any atom is 0.0681 e. The summed E-state index contributed by atoms with van der Waals surface area (Å²) in [6, 6.07) is 8.35. The highest BCUT2D eigenvalue weighted by atomic mass is 16.3. The molecular weight excluding hydrogens is 260 g/mol. The quantitative estimate of drug-likeness (QED) is 0.810. The van der Waals surface area contributed by atoms with Crippen LogP contribution in [0.25, 0.3) is 0 Å². The first kappa shape index (κ1) is 16.5. The van der Waals surface area contributed by atoms with Crippen LogP contribution >= 0.6 is 0 Å². The molecule has 0 bridgehead atoms. The van der Waals surface area contributed by atoms with Crippen molar-refractivity contribution in [2.45, 2.75) is 39.8 Å². The summed E-state index contributed by atoms with van der Waals surface area (Å²) in [4.78, 5) is 2.57. The van der Waals surface area contributed by atoms with Crippen LogP contribution in [0.2, 0.25) is 0 Å². The van der Waals surface area contributed by atoms with Gasteiger partial charge in [0.15, 0.2) is 0 Å². The lowest BCUT2D eigenvalue weighted by atomic mass is 9.97. The summed E-state index contributed by atoms with van der Waals surface area (Å²) in [5.41, 5.74) is 2.34. The fourth-order valence-electron chi connectivity index (χ4n) is 3.05. The molecule has 0 aromatic heterocycles. The molecule has 118 valence electrons. The molecule has 21 heavy (non-hydrogen) atoms. The van der Waals surface area contributed by atoms with Crippen molar-refractivity contribution in [1.29, 1.82) is 0 Å². The van der Waals surface area contributed by atoms with Crippen molar-refractivity contribution in [2.75, 3.05) is 26.2 Å². The molecule has 3 nitrogen and oxygen atoms in total. The van der Waals surface area contributed by atoms with Crippen LogP contribution in [-0.4, -0.2) is 36.2 Å². The van der Waals surface area contributed by atoms with Crippen LogP contribution in [0.4, 0.5) is 0 Å². The maximum atomic E-state index is 9.09. The van der Waals surface area contributed by atoms with Crippen LogP contribution in [0.3, 0.4) is 0 Å². The second kappa shape index (κ2) is 8.52. The lowest BCUT2D eigenvalue weighted by molar-refractivity contribution is 0.165. The van der Waals surface area contributed by atoms with Gasteiger partial charge in [-0.05, 0) is 55.4 Å². The van der Waals surface area contributed by atoms with Crippen molar-refractivity contribution in [3.63, 3.8) is 0 Å². The number of likely N-dealkylation sites (tertiary alicyclic amines) is 1. The molecular formula is C18H30N2O. The Morgan fingerprint density at radius 1 is 1.24 bits per heavy atom. The van der Waals surface area contributed by atoms with E-state index in [1.807, 2.05) is 12.1 Å². The SMILES string of the molecule is CC(C)CNCC1CCCN(Cc2ccc(CO)cc2)C1. The summed E-state index contributed by atoms with van der Waals surface area (Å²) in [7, 11) is 0. The van der Waals surface area contributed by atoms with Crippen LogP contribution in [0.5, 0.6) is 0 Å². The van der Waals surface area contributed by atoms with Gasteiger partial charge in [0, 0.05) is 13.1 Å². The van der Waals surface area contributed by atoms with Gasteiger partial charge in [-0.25, -0.2) is 0 Å². The summed E-state index contributed by atoms with van der Waals surface area (Å²) in [5.74, 6) is 1.52. The minimum atomic E-state index is 0.133. The number of hydrogen-bond acceptors (Lipinski definition) is 3. The zero-order chi connectivity index (χ0) is 15.1. The normalized spacial score (nSPS) is 20.1. The van der Waals surface area contributed by atoms with Crippen molar-refractivity contribution in [3.8, 4) is 0 Å². The van der Waals surface area contributed by atoms with Gasteiger partial charge in [0.1, 0.15) is 0 Å². The lowest BCUT2D eigenvalue weighted by Gasteiger charge is -2.33. The third-order valence-corrected chi connectivity index (χ3v) is 4.20. The Labute approximate surface area is 129 Å². The van der Waals surface area contributed by atoms with Gasteiger partial charge in [0.25, 0.3) is 0 Å².